The second-order valence-corrected chi connectivity index (χ2v) is 14.9. The summed E-state index contributed by atoms with van der Waals surface area (Å²) in [4.78, 5) is 37.7. The van der Waals surface area contributed by atoms with E-state index in [1.54, 1.807) is 0 Å². The lowest BCUT2D eigenvalue weighted by molar-refractivity contribution is -0.166. The number of hydrogen-bond acceptors (Lipinski definition) is 6. The molecule has 0 saturated heterocycles. The van der Waals surface area contributed by atoms with Crippen molar-refractivity contribution in [3.8, 4) is 0 Å². The molecule has 0 aromatic heterocycles. The number of rotatable bonds is 40. The zero-order valence-electron chi connectivity index (χ0n) is 37.7. The van der Waals surface area contributed by atoms with E-state index < -0.39 is 6.10 Å². The fraction of sp³-hybridized carbons (Fsp3) is 0.604. The Morgan fingerprint density at radius 2 is 0.712 bits per heavy atom. The summed E-state index contributed by atoms with van der Waals surface area (Å²) < 4.78 is 16.6. The van der Waals surface area contributed by atoms with Crippen molar-refractivity contribution in [1.29, 1.82) is 0 Å². The molecule has 0 N–H and O–H groups in total. The van der Waals surface area contributed by atoms with Gasteiger partial charge >= 0.3 is 17.9 Å². The largest absolute Gasteiger partial charge is 0.462 e. The molecule has 0 aliphatic heterocycles. The molecule has 0 aromatic carbocycles. The average molecular weight is 817 g/mol. The first-order valence-corrected chi connectivity index (χ1v) is 23.4. The van der Waals surface area contributed by atoms with Crippen LogP contribution in [-0.4, -0.2) is 37.2 Å². The van der Waals surface area contributed by atoms with Crippen molar-refractivity contribution in [2.24, 2.45) is 0 Å². The van der Waals surface area contributed by atoms with E-state index in [-0.39, 0.29) is 50.4 Å². The maximum atomic E-state index is 12.7. The van der Waals surface area contributed by atoms with E-state index >= 15 is 0 Å². The Morgan fingerprint density at radius 1 is 0.356 bits per heavy atom. The van der Waals surface area contributed by atoms with Crippen LogP contribution in [0.2, 0.25) is 0 Å². The van der Waals surface area contributed by atoms with Crippen LogP contribution in [0.25, 0.3) is 0 Å². The van der Waals surface area contributed by atoms with Crippen LogP contribution in [0, 0.1) is 0 Å². The Morgan fingerprint density at radius 3 is 1.20 bits per heavy atom. The van der Waals surface area contributed by atoms with Crippen LogP contribution in [0.5, 0.6) is 0 Å². The summed E-state index contributed by atoms with van der Waals surface area (Å²) in [5.41, 5.74) is 0. The van der Waals surface area contributed by atoms with Gasteiger partial charge < -0.3 is 14.2 Å². The van der Waals surface area contributed by atoms with E-state index in [1.165, 1.54) is 44.9 Å². The van der Waals surface area contributed by atoms with E-state index in [1.807, 2.05) is 12.2 Å². The van der Waals surface area contributed by atoms with Crippen LogP contribution in [0.4, 0.5) is 0 Å². The molecule has 0 bridgehead atoms. The molecular formula is C53H84O6. The van der Waals surface area contributed by atoms with Gasteiger partial charge in [0.05, 0.1) is 0 Å². The number of hydrogen-bond donors (Lipinski definition) is 0. The molecule has 0 radical (unpaired) electrons. The van der Waals surface area contributed by atoms with Crippen molar-refractivity contribution in [3.05, 3.63) is 109 Å². The van der Waals surface area contributed by atoms with Crippen molar-refractivity contribution in [2.75, 3.05) is 13.2 Å². The molecule has 0 fully saturated rings. The molecule has 59 heavy (non-hydrogen) atoms. The third-order valence-electron chi connectivity index (χ3n) is 9.26. The standard InChI is InChI=1S/C53H84O6/c1-4-7-10-13-16-19-22-24-26-27-29-31-34-37-40-43-46-52(55)58-49-50(48-57-51(54)45-42-39-36-33-30-21-18-15-12-9-6-3)59-53(56)47-44-41-38-35-32-28-25-23-20-17-14-11-8-5-2/h7,9-10,12,16,18-19,21,24,26,28-29,31-33,36-37,40,50H,4-6,8,11,13-15,17,20,22-23,25,27,30,34-35,38-39,41-49H2,1-3H3/b10-7-,12-9-,19-16-,21-18-,26-24-,31-29-,32-28-,36-33-,40-37-. The first-order valence-electron chi connectivity index (χ1n) is 23.4. The Kier molecular flexibility index (Phi) is 43.6. The van der Waals surface area contributed by atoms with E-state index in [0.717, 1.165) is 89.9 Å². The van der Waals surface area contributed by atoms with Gasteiger partial charge in [0.15, 0.2) is 6.10 Å². The van der Waals surface area contributed by atoms with Gasteiger partial charge in [-0.05, 0) is 103 Å². The molecule has 6 heteroatoms. The maximum absolute atomic E-state index is 12.7. The third kappa shape index (κ3) is 45.0. The summed E-state index contributed by atoms with van der Waals surface area (Å²) in [6.45, 7) is 6.24. The topological polar surface area (TPSA) is 78.9 Å². The van der Waals surface area contributed by atoms with Gasteiger partial charge in [-0.1, -0.05) is 175 Å². The summed E-state index contributed by atoms with van der Waals surface area (Å²) in [5.74, 6) is -1.10. The molecule has 0 aliphatic rings. The van der Waals surface area contributed by atoms with Crippen molar-refractivity contribution in [1.82, 2.24) is 0 Å². The lowest BCUT2D eigenvalue weighted by Crippen LogP contribution is -2.30. The summed E-state index contributed by atoms with van der Waals surface area (Å²) in [6.07, 6.45) is 62.4. The number of carbonyl (C=O) groups is 3. The summed E-state index contributed by atoms with van der Waals surface area (Å²) in [7, 11) is 0. The Labute approximate surface area is 361 Å². The minimum atomic E-state index is -0.836. The molecule has 6 nitrogen and oxygen atoms in total. The highest BCUT2D eigenvalue weighted by Gasteiger charge is 2.19. The smallest absolute Gasteiger partial charge is 0.306 e. The van der Waals surface area contributed by atoms with E-state index in [4.69, 9.17) is 14.2 Å². The zero-order chi connectivity index (χ0) is 43.0. The second-order valence-electron chi connectivity index (χ2n) is 14.9. The van der Waals surface area contributed by atoms with Crippen molar-refractivity contribution >= 4 is 17.9 Å². The summed E-state index contributed by atoms with van der Waals surface area (Å²) in [6, 6.07) is 0. The van der Waals surface area contributed by atoms with Gasteiger partial charge in [0.2, 0.25) is 0 Å². The predicted octanol–water partition coefficient (Wildman–Crippen LogP) is 15.2. The molecule has 0 heterocycles. The van der Waals surface area contributed by atoms with Gasteiger partial charge in [0, 0.05) is 19.3 Å². The van der Waals surface area contributed by atoms with Crippen LogP contribution >= 0.6 is 0 Å². The zero-order valence-corrected chi connectivity index (χ0v) is 37.7. The van der Waals surface area contributed by atoms with Crippen LogP contribution in [0.3, 0.4) is 0 Å². The summed E-state index contributed by atoms with van der Waals surface area (Å²) >= 11 is 0. The highest BCUT2D eigenvalue weighted by Crippen LogP contribution is 2.11. The maximum Gasteiger partial charge on any atom is 0.306 e. The van der Waals surface area contributed by atoms with Gasteiger partial charge in [-0.3, -0.25) is 14.4 Å². The van der Waals surface area contributed by atoms with Gasteiger partial charge in [-0.15, -0.1) is 0 Å². The van der Waals surface area contributed by atoms with Crippen molar-refractivity contribution in [3.63, 3.8) is 0 Å². The van der Waals surface area contributed by atoms with E-state index in [9.17, 15) is 14.4 Å². The first kappa shape index (κ1) is 55.1. The molecule has 332 valence electrons. The Bertz CT molecular complexity index is 1260. The molecule has 0 saturated carbocycles. The molecule has 0 aliphatic carbocycles. The minimum absolute atomic E-state index is 0.136. The fourth-order valence-electron chi connectivity index (χ4n) is 5.80. The lowest BCUT2D eigenvalue weighted by Gasteiger charge is -2.18. The average Bonchev–Trinajstić information content (AvgIpc) is 3.23. The van der Waals surface area contributed by atoms with Crippen LogP contribution in [0.1, 0.15) is 188 Å². The van der Waals surface area contributed by atoms with Crippen LogP contribution < -0.4 is 0 Å². The molecule has 0 rings (SSSR count). The highest BCUT2D eigenvalue weighted by atomic mass is 16.6. The SMILES string of the molecule is CC/C=C\C/C=C\C/C=C\C/C=C\C/C=C\CCC(=O)OCC(COC(=O)CCC/C=C\C/C=C\C/C=C\CC)OC(=O)CCCCC/C=C\CCCCCCCCC. The number of ether oxygens (including phenoxy) is 3. The van der Waals surface area contributed by atoms with Gasteiger partial charge in [-0.25, -0.2) is 0 Å². The number of allylic oxidation sites excluding steroid dienone is 18. The van der Waals surface area contributed by atoms with Crippen molar-refractivity contribution in [2.45, 2.75) is 194 Å². The van der Waals surface area contributed by atoms with Gasteiger partial charge in [-0.2, -0.15) is 0 Å². The quantitative estimate of drug-likeness (QED) is 0.0265. The molecule has 0 amide bonds. The normalized spacial score (nSPS) is 13.1. The minimum Gasteiger partial charge on any atom is -0.462 e. The third-order valence-corrected chi connectivity index (χ3v) is 9.26. The highest BCUT2D eigenvalue weighted by molar-refractivity contribution is 5.71. The number of carbonyl (C=O) groups excluding carboxylic acids is 3. The molecule has 0 spiro atoms. The monoisotopic (exact) mass is 817 g/mol. The first-order chi connectivity index (χ1) is 29.0. The second kappa shape index (κ2) is 46.8. The molecule has 1 unspecified atom stereocenters. The lowest BCUT2D eigenvalue weighted by atomic mass is 10.1. The fourth-order valence-corrected chi connectivity index (χ4v) is 5.80. The Hall–Kier alpha value is -3.93. The van der Waals surface area contributed by atoms with Crippen molar-refractivity contribution < 1.29 is 28.6 Å². The molecule has 0 aromatic rings. The van der Waals surface area contributed by atoms with Crippen LogP contribution in [-0.2, 0) is 28.6 Å². The number of esters is 3. The molecular weight excluding hydrogens is 733 g/mol. The Balaban J connectivity index is 4.59. The molecule has 1 atom stereocenters. The predicted molar refractivity (Wildman–Crippen MR) is 251 cm³/mol. The van der Waals surface area contributed by atoms with E-state index in [2.05, 4.69) is 118 Å². The number of unbranched alkanes of at least 4 members (excludes halogenated alkanes) is 11. The van der Waals surface area contributed by atoms with Crippen LogP contribution in [0.15, 0.2) is 109 Å². The van der Waals surface area contributed by atoms with Gasteiger partial charge in [0.25, 0.3) is 0 Å². The van der Waals surface area contributed by atoms with Gasteiger partial charge in [0.1, 0.15) is 13.2 Å². The summed E-state index contributed by atoms with van der Waals surface area (Å²) in [5, 5.41) is 0. The van der Waals surface area contributed by atoms with E-state index in [0.29, 0.717) is 12.8 Å².